The molecule has 1 aliphatic rings. The SMILES string of the molecule is CC(=O)n1c2c(c3ccccc31)OC(C)(c1ccc(C)cc1)CC2. The van der Waals surface area contributed by atoms with E-state index in [1.165, 1.54) is 11.1 Å². The number of fused-ring (bicyclic) bond motifs is 3. The lowest BCUT2D eigenvalue weighted by Gasteiger charge is -2.35. The van der Waals surface area contributed by atoms with Crippen LogP contribution in [-0.4, -0.2) is 10.5 Å². The fourth-order valence-corrected chi connectivity index (χ4v) is 3.70. The van der Waals surface area contributed by atoms with Gasteiger partial charge in [-0.25, -0.2) is 0 Å². The minimum atomic E-state index is -0.369. The monoisotopic (exact) mass is 319 g/mol. The first-order chi connectivity index (χ1) is 11.5. The first-order valence-electron chi connectivity index (χ1n) is 8.39. The van der Waals surface area contributed by atoms with Crippen molar-refractivity contribution in [1.82, 2.24) is 4.57 Å². The zero-order chi connectivity index (χ0) is 16.9. The molecule has 2 heterocycles. The van der Waals surface area contributed by atoms with Crippen molar-refractivity contribution in [1.29, 1.82) is 0 Å². The second-order valence-electron chi connectivity index (χ2n) is 6.85. The largest absolute Gasteiger partial charge is 0.480 e. The van der Waals surface area contributed by atoms with Crippen LogP contribution in [-0.2, 0) is 12.0 Å². The topological polar surface area (TPSA) is 31.2 Å². The van der Waals surface area contributed by atoms with Crippen LogP contribution in [0, 0.1) is 6.92 Å². The van der Waals surface area contributed by atoms with Gasteiger partial charge in [0.05, 0.1) is 11.2 Å². The average Bonchev–Trinajstić information content (AvgIpc) is 2.89. The standard InChI is InChI=1S/C21H21NO2/c1-14-8-10-16(11-9-14)21(3)13-12-19-20(24-21)17-6-4-5-7-18(17)22(19)15(2)23/h4-11H,12-13H2,1-3H3. The van der Waals surface area contributed by atoms with Crippen molar-refractivity contribution in [2.24, 2.45) is 0 Å². The third kappa shape index (κ3) is 2.15. The molecular formula is C21H21NO2. The number of carbonyl (C=O) groups is 1. The highest BCUT2D eigenvalue weighted by Gasteiger charge is 2.37. The minimum Gasteiger partial charge on any atom is -0.480 e. The summed E-state index contributed by atoms with van der Waals surface area (Å²) in [5, 5.41) is 1.01. The van der Waals surface area contributed by atoms with Crippen molar-refractivity contribution in [2.75, 3.05) is 0 Å². The van der Waals surface area contributed by atoms with Gasteiger partial charge in [-0.1, -0.05) is 42.0 Å². The number of aromatic nitrogens is 1. The highest BCUT2D eigenvalue weighted by atomic mass is 16.5. The first-order valence-corrected chi connectivity index (χ1v) is 8.39. The van der Waals surface area contributed by atoms with E-state index in [0.29, 0.717) is 0 Å². The molecule has 3 heteroatoms. The zero-order valence-corrected chi connectivity index (χ0v) is 14.3. The maximum atomic E-state index is 12.2. The number of aryl methyl sites for hydroxylation is 1. The van der Waals surface area contributed by atoms with Gasteiger partial charge in [0.25, 0.3) is 0 Å². The van der Waals surface area contributed by atoms with Crippen molar-refractivity contribution in [3.63, 3.8) is 0 Å². The fraction of sp³-hybridized carbons (Fsp3) is 0.286. The van der Waals surface area contributed by atoms with Gasteiger partial charge in [-0.05, 0) is 44.4 Å². The Hall–Kier alpha value is -2.55. The molecule has 0 radical (unpaired) electrons. The van der Waals surface area contributed by atoms with Crippen molar-refractivity contribution in [3.8, 4) is 5.75 Å². The van der Waals surface area contributed by atoms with Crippen LogP contribution in [0.5, 0.6) is 5.75 Å². The fourth-order valence-electron chi connectivity index (χ4n) is 3.70. The third-order valence-corrected chi connectivity index (χ3v) is 5.06. The smallest absolute Gasteiger partial charge is 0.228 e. The molecule has 4 rings (SSSR count). The second kappa shape index (κ2) is 5.23. The molecule has 3 aromatic rings. The summed E-state index contributed by atoms with van der Waals surface area (Å²) >= 11 is 0. The van der Waals surface area contributed by atoms with Crippen LogP contribution < -0.4 is 4.74 Å². The van der Waals surface area contributed by atoms with E-state index in [2.05, 4.69) is 38.1 Å². The highest BCUT2D eigenvalue weighted by Crippen LogP contribution is 2.44. The number of para-hydroxylation sites is 1. The van der Waals surface area contributed by atoms with E-state index in [1.54, 1.807) is 11.5 Å². The molecule has 1 atom stereocenters. The molecule has 1 aromatic heterocycles. The first kappa shape index (κ1) is 15.0. The Balaban J connectivity index is 1.87. The van der Waals surface area contributed by atoms with Crippen LogP contribution >= 0.6 is 0 Å². The number of nitrogens with zero attached hydrogens (tertiary/aromatic N) is 1. The summed E-state index contributed by atoms with van der Waals surface area (Å²) in [6, 6.07) is 16.5. The van der Waals surface area contributed by atoms with E-state index in [9.17, 15) is 4.79 Å². The van der Waals surface area contributed by atoms with Crippen LogP contribution in [0.15, 0.2) is 48.5 Å². The van der Waals surface area contributed by atoms with Gasteiger partial charge in [0.1, 0.15) is 11.4 Å². The Morgan fingerprint density at radius 1 is 1.12 bits per heavy atom. The maximum Gasteiger partial charge on any atom is 0.228 e. The van der Waals surface area contributed by atoms with Crippen LogP contribution in [0.3, 0.4) is 0 Å². The predicted octanol–water partition coefficient (Wildman–Crippen LogP) is 4.85. The van der Waals surface area contributed by atoms with E-state index in [4.69, 9.17) is 4.74 Å². The number of rotatable bonds is 1. The Labute approximate surface area is 141 Å². The summed E-state index contributed by atoms with van der Waals surface area (Å²) in [6.45, 7) is 5.84. The van der Waals surface area contributed by atoms with Gasteiger partial charge in [0.2, 0.25) is 5.91 Å². The van der Waals surface area contributed by atoms with Crippen molar-refractivity contribution < 1.29 is 9.53 Å². The van der Waals surface area contributed by atoms with Gasteiger partial charge in [0.15, 0.2) is 0 Å². The number of ether oxygens (including phenoxy) is 1. The molecule has 1 aliphatic heterocycles. The summed E-state index contributed by atoms with van der Waals surface area (Å²) in [5.41, 5.74) is 3.98. The molecule has 0 saturated heterocycles. The molecule has 3 nitrogen and oxygen atoms in total. The Morgan fingerprint density at radius 3 is 2.54 bits per heavy atom. The molecule has 24 heavy (non-hydrogen) atoms. The van der Waals surface area contributed by atoms with Crippen LogP contribution in [0.25, 0.3) is 10.9 Å². The van der Waals surface area contributed by atoms with Crippen molar-refractivity contribution in [3.05, 3.63) is 65.4 Å². The molecule has 0 N–H and O–H groups in total. The number of hydrogen-bond donors (Lipinski definition) is 0. The maximum absolute atomic E-state index is 12.2. The van der Waals surface area contributed by atoms with Crippen LogP contribution in [0.2, 0.25) is 0 Å². The zero-order valence-electron chi connectivity index (χ0n) is 14.3. The Morgan fingerprint density at radius 2 is 1.83 bits per heavy atom. The van der Waals surface area contributed by atoms with E-state index in [0.717, 1.165) is 35.2 Å². The third-order valence-electron chi connectivity index (χ3n) is 5.06. The molecule has 0 aliphatic carbocycles. The summed E-state index contributed by atoms with van der Waals surface area (Å²) < 4.78 is 8.32. The van der Waals surface area contributed by atoms with E-state index < -0.39 is 0 Å². The quantitative estimate of drug-likeness (QED) is 0.642. The number of hydrogen-bond acceptors (Lipinski definition) is 2. The summed E-state index contributed by atoms with van der Waals surface area (Å²) in [7, 11) is 0. The lowest BCUT2D eigenvalue weighted by molar-refractivity contribution is 0.0619. The van der Waals surface area contributed by atoms with Crippen molar-refractivity contribution in [2.45, 2.75) is 39.2 Å². The average molecular weight is 319 g/mol. The van der Waals surface area contributed by atoms with E-state index >= 15 is 0 Å². The van der Waals surface area contributed by atoms with Crippen molar-refractivity contribution >= 4 is 16.8 Å². The normalized spacial score (nSPS) is 19.8. The lowest BCUT2D eigenvalue weighted by atomic mass is 9.87. The highest BCUT2D eigenvalue weighted by molar-refractivity contribution is 5.97. The summed E-state index contributed by atoms with van der Waals surface area (Å²) in [5.74, 6) is 0.894. The summed E-state index contributed by atoms with van der Waals surface area (Å²) in [4.78, 5) is 12.2. The molecule has 122 valence electrons. The van der Waals surface area contributed by atoms with Gasteiger partial charge in [-0.3, -0.25) is 9.36 Å². The number of carbonyl (C=O) groups excluding carboxylic acids is 1. The molecule has 0 bridgehead atoms. The van der Waals surface area contributed by atoms with Gasteiger partial charge in [-0.15, -0.1) is 0 Å². The number of benzene rings is 2. The van der Waals surface area contributed by atoms with Gasteiger partial charge >= 0.3 is 0 Å². The second-order valence-corrected chi connectivity index (χ2v) is 6.85. The van der Waals surface area contributed by atoms with Gasteiger partial charge in [-0.2, -0.15) is 0 Å². The van der Waals surface area contributed by atoms with Crippen LogP contribution in [0.1, 0.15) is 41.9 Å². The van der Waals surface area contributed by atoms with E-state index in [1.807, 2.05) is 24.3 Å². The van der Waals surface area contributed by atoms with Gasteiger partial charge < -0.3 is 4.74 Å². The molecule has 2 aromatic carbocycles. The van der Waals surface area contributed by atoms with Crippen LogP contribution in [0.4, 0.5) is 0 Å². The minimum absolute atomic E-state index is 0.0370. The molecule has 1 unspecified atom stereocenters. The van der Waals surface area contributed by atoms with Gasteiger partial charge in [0, 0.05) is 12.3 Å². The molecule has 0 fully saturated rings. The Kier molecular flexibility index (Phi) is 3.27. The molecule has 0 amide bonds. The molecular weight excluding hydrogens is 298 g/mol. The molecule has 0 spiro atoms. The lowest BCUT2D eigenvalue weighted by Crippen LogP contribution is -2.34. The molecule has 0 saturated carbocycles. The van der Waals surface area contributed by atoms with E-state index in [-0.39, 0.29) is 11.5 Å². The Bertz CT molecular complexity index is 936. The summed E-state index contributed by atoms with van der Waals surface area (Å²) in [6.07, 6.45) is 1.68. The predicted molar refractivity (Wildman–Crippen MR) is 95.7 cm³/mol.